The molecule has 17 nitrogen and oxygen atoms in total. The summed E-state index contributed by atoms with van der Waals surface area (Å²) in [5.74, 6) is 3.77. The van der Waals surface area contributed by atoms with Crippen molar-refractivity contribution in [3.8, 4) is 11.5 Å². The molecule has 0 heterocycles. The Morgan fingerprint density at radius 3 is 2.02 bits per heavy atom. The number of nitro groups is 1. The van der Waals surface area contributed by atoms with Crippen molar-refractivity contribution in [2.45, 2.75) is 188 Å². The van der Waals surface area contributed by atoms with E-state index in [0.29, 0.717) is 55.6 Å². The molecule has 3 fully saturated rings. The third-order valence-electron chi connectivity index (χ3n) is 23.5. The lowest BCUT2D eigenvalue weighted by atomic mass is 9.47. The molecule has 0 saturated heterocycles. The second-order valence-corrected chi connectivity index (χ2v) is 30.5. The minimum absolute atomic E-state index is 0. The molecule has 4 aliphatic carbocycles. The minimum atomic E-state index is -1.14. The van der Waals surface area contributed by atoms with Crippen molar-refractivity contribution in [2.24, 2.45) is 46.3 Å². The zero-order valence-corrected chi connectivity index (χ0v) is 61.5. The summed E-state index contributed by atoms with van der Waals surface area (Å²) in [7, 11) is 1.64. The SMILES string of the molecule is C.COc1ccc(C(NCCCC[C@H](NC(=O)[C@H](Cc2cccc3ccccc23)NC(=O)CCC(=O)NCCCO[C@H]2CC[C@@]3(C)C(=CC[C@H]4[C@@H]5CC[C@H]([C@H](C)CCCC(C)C)[C@@]5(C)CC[C@@H]43)C2)C(=O)Nc2ccc(COC(=O)Oc3ccc([N+](=O)[O-])cc3)cc2)(c2ccccc2)c2ccccc2)cc1. The van der Waals surface area contributed by atoms with Gasteiger partial charge >= 0.3 is 6.16 Å². The van der Waals surface area contributed by atoms with Crippen LogP contribution in [0.4, 0.5) is 16.2 Å². The maximum Gasteiger partial charge on any atom is 0.514 e. The van der Waals surface area contributed by atoms with Gasteiger partial charge < -0.3 is 40.2 Å². The Kier molecular flexibility index (Phi) is 27.4. The van der Waals surface area contributed by atoms with Gasteiger partial charge in [0.15, 0.2) is 0 Å². The first-order chi connectivity index (χ1) is 50.3. The number of benzene rings is 7. The van der Waals surface area contributed by atoms with Crippen LogP contribution in [0.3, 0.4) is 0 Å². The number of carbonyl (C=O) groups is 5. The van der Waals surface area contributed by atoms with Gasteiger partial charge in [-0.25, -0.2) is 4.79 Å². The molecule has 0 radical (unpaired) electrons. The Balaban J connectivity index is 0.0000118. The fourth-order valence-electron chi connectivity index (χ4n) is 18.0. The minimum Gasteiger partial charge on any atom is -0.497 e. The number of rotatable bonds is 34. The summed E-state index contributed by atoms with van der Waals surface area (Å²) in [6.45, 7) is 13.8. The summed E-state index contributed by atoms with van der Waals surface area (Å²) in [5.41, 5.74) is 6.22. The molecule has 0 aliphatic heterocycles. The average Bonchev–Trinajstić information content (AvgIpc) is 1.68. The topological polar surface area (TPSA) is 226 Å². The van der Waals surface area contributed by atoms with Crippen molar-refractivity contribution in [2.75, 3.05) is 32.1 Å². The van der Waals surface area contributed by atoms with Gasteiger partial charge in [0.05, 0.1) is 23.7 Å². The lowest BCUT2D eigenvalue weighted by molar-refractivity contribution is -0.384. The van der Waals surface area contributed by atoms with E-state index in [9.17, 15) is 29.3 Å². The molecule has 105 heavy (non-hydrogen) atoms. The fraction of sp³-hybridized carbons (Fsp3) is 0.466. The zero-order valence-electron chi connectivity index (χ0n) is 61.5. The molecule has 5 N–H and O–H groups in total. The number of allylic oxidation sites excluding steroid dienone is 1. The second-order valence-electron chi connectivity index (χ2n) is 30.5. The quantitative estimate of drug-likeness (QED) is 0.00483. The highest BCUT2D eigenvalue weighted by atomic mass is 16.7. The van der Waals surface area contributed by atoms with Crippen LogP contribution in [0, 0.1) is 56.5 Å². The summed E-state index contributed by atoms with van der Waals surface area (Å²) in [4.78, 5) is 80.5. The number of nitrogens with zero attached hydrogens (tertiary/aromatic N) is 1. The van der Waals surface area contributed by atoms with Gasteiger partial charge in [-0.1, -0.05) is 200 Å². The molecule has 10 atom stereocenters. The molecule has 0 unspecified atom stereocenters. The molecular formula is C88H110N6O11. The van der Waals surface area contributed by atoms with Crippen molar-refractivity contribution >= 4 is 51.9 Å². The molecule has 0 aromatic heterocycles. The van der Waals surface area contributed by atoms with Crippen LogP contribution in [0.1, 0.15) is 179 Å². The maximum atomic E-state index is 15.1. The van der Waals surface area contributed by atoms with E-state index in [0.717, 1.165) is 93.5 Å². The standard InChI is InChI=1S/C87H106N6O11.CH4/c1-59(2)20-17-21-60(3)75-45-46-76-74-44-35-67-57-72(49-51-85(67,4)77(74)50-52-86(75,76)5)102-55-19-53-88-80(94)47-48-81(95)91-79(56-63-24-18-23-62-22-13-14-29-73(62)63)83(97)92-78(82(96)90-68-36-31-61(32-37-68)58-103-84(98)104-71-42-38-69(39-43-71)93(99)100)30-15-16-54-89-87(64-25-9-7-10-26-64,65-27-11-8-12-28-65)66-33-40-70(101-6)41-34-66;/h7-14,18,22-29,31-43,59-60,72,74-79,89H,15-17,19-21,30,44-58H2,1-6H3,(H,88,94)(H,90,96)(H,91,95)(H,92,97);1H4/t60-,72+,74+,75-,76+,77+,78+,79+,85+,86-;/m1./s1. The zero-order chi connectivity index (χ0) is 73.2. The van der Waals surface area contributed by atoms with Gasteiger partial charge in [0.2, 0.25) is 23.6 Å². The van der Waals surface area contributed by atoms with E-state index in [2.05, 4.69) is 104 Å². The fourth-order valence-corrected chi connectivity index (χ4v) is 18.0. The summed E-state index contributed by atoms with van der Waals surface area (Å²) in [6, 6.07) is 51.6. The van der Waals surface area contributed by atoms with E-state index in [1.54, 1.807) is 36.9 Å². The number of fused-ring (bicyclic) bond motifs is 6. The van der Waals surface area contributed by atoms with Gasteiger partial charge in [-0.05, 0) is 205 Å². The molecule has 0 spiro atoms. The molecule has 11 rings (SSSR count). The van der Waals surface area contributed by atoms with Crippen LogP contribution in [-0.4, -0.2) is 79.7 Å². The van der Waals surface area contributed by atoms with Crippen LogP contribution in [0.25, 0.3) is 10.8 Å². The van der Waals surface area contributed by atoms with Gasteiger partial charge in [0, 0.05) is 50.2 Å². The Hall–Kier alpha value is -9.19. The number of hydrogen-bond acceptors (Lipinski definition) is 12. The lowest BCUT2D eigenvalue weighted by Gasteiger charge is -2.58. The van der Waals surface area contributed by atoms with Crippen molar-refractivity contribution in [1.82, 2.24) is 21.3 Å². The molecule has 3 saturated carbocycles. The Labute approximate surface area is 621 Å². The summed E-state index contributed by atoms with van der Waals surface area (Å²) in [6.07, 6.45) is 17.5. The number of anilines is 1. The van der Waals surface area contributed by atoms with E-state index < -0.39 is 46.4 Å². The number of ether oxygens (including phenoxy) is 4. The third-order valence-corrected chi connectivity index (χ3v) is 23.5. The number of nitrogens with one attached hydrogen (secondary N) is 5. The highest BCUT2D eigenvalue weighted by Crippen LogP contribution is 2.67. The molecule has 7 aromatic rings. The number of carbonyl (C=O) groups excluding carboxylic acids is 5. The monoisotopic (exact) mass is 1430 g/mol. The molecule has 17 heteroatoms. The Bertz CT molecular complexity index is 4010. The van der Waals surface area contributed by atoms with Crippen LogP contribution >= 0.6 is 0 Å². The van der Waals surface area contributed by atoms with Gasteiger partial charge in [-0.15, -0.1) is 0 Å². The molecule has 4 amide bonds. The summed E-state index contributed by atoms with van der Waals surface area (Å²) < 4.78 is 22.6. The van der Waals surface area contributed by atoms with Crippen LogP contribution in [0.2, 0.25) is 0 Å². The van der Waals surface area contributed by atoms with Crippen LogP contribution < -0.4 is 36.1 Å². The first kappa shape index (κ1) is 78.4. The van der Waals surface area contributed by atoms with Crippen molar-refractivity contribution in [1.29, 1.82) is 0 Å². The summed E-state index contributed by atoms with van der Waals surface area (Å²) >= 11 is 0. The molecular weight excluding hydrogens is 1320 g/mol. The number of hydrogen-bond donors (Lipinski definition) is 5. The van der Waals surface area contributed by atoms with Gasteiger partial charge in [-0.3, -0.25) is 34.6 Å². The van der Waals surface area contributed by atoms with E-state index in [1.807, 2.05) is 91.0 Å². The molecule has 558 valence electrons. The van der Waals surface area contributed by atoms with E-state index in [-0.39, 0.29) is 68.6 Å². The number of methoxy groups -OCH3 is 1. The van der Waals surface area contributed by atoms with Crippen molar-refractivity contribution in [3.05, 3.63) is 226 Å². The van der Waals surface area contributed by atoms with Gasteiger partial charge in [-0.2, -0.15) is 0 Å². The average molecular weight is 1430 g/mol. The highest BCUT2D eigenvalue weighted by Gasteiger charge is 2.59. The van der Waals surface area contributed by atoms with Gasteiger partial charge in [0.1, 0.15) is 30.2 Å². The highest BCUT2D eigenvalue weighted by molar-refractivity contribution is 5.99. The normalized spacial score (nSPS) is 21.2. The molecule has 4 aliphatic rings. The first-order valence-corrected chi connectivity index (χ1v) is 38.0. The smallest absolute Gasteiger partial charge is 0.497 e. The van der Waals surface area contributed by atoms with Crippen LogP contribution in [0.5, 0.6) is 11.5 Å². The number of unbranched alkanes of at least 4 members (excludes halogenated alkanes) is 1. The largest absolute Gasteiger partial charge is 0.514 e. The predicted octanol–water partition coefficient (Wildman–Crippen LogP) is 17.7. The number of amides is 4. The second kappa shape index (κ2) is 36.7. The number of nitro benzene ring substituents is 1. The first-order valence-electron chi connectivity index (χ1n) is 38.0. The third kappa shape index (κ3) is 19.5. The molecule has 7 aromatic carbocycles. The lowest BCUT2D eigenvalue weighted by Crippen LogP contribution is -2.53. The van der Waals surface area contributed by atoms with Crippen molar-refractivity contribution in [3.63, 3.8) is 0 Å². The maximum absolute atomic E-state index is 15.1. The van der Waals surface area contributed by atoms with Gasteiger partial charge in [0.25, 0.3) is 5.69 Å². The Morgan fingerprint density at radius 1 is 0.638 bits per heavy atom. The van der Waals surface area contributed by atoms with Crippen molar-refractivity contribution < 1.29 is 47.8 Å². The number of non-ortho nitro benzene ring substituents is 1. The summed E-state index contributed by atoms with van der Waals surface area (Å²) in [5, 5.41) is 28.9. The Morgan fingerprint density at radius 2 is 1.31 bits per heavy atom. The molecule has 0 bridgehead atoms. The predicted molar refractivity (Wildman–Crippen MR) is 414 cm³/mol. The van der Waals surface area contributed by atoms with Crippen LogP contribution in [0.15, 0.2) is 188 Å². The van der Waals surface area contributed by atoms with E-state index in [4.69, 9.17) is 18.9 Å². The van der Waals surface area contributed by atoms with E-state index in [1.165, 1.54) is 75.6 Å². The van der Waals surface area contributed by atoms with E-state index >= 15 is 4.79 Å². The van der Waals surface area contributed by atoms with Crippen LogP contribution in [-0.2, 0) is 47.2 Å².